The number of hydrogen-bond donors (Lipinski definition) is 0. The van der Waals surface area contributed by atoms with E-state index in [1.807, 2.05) is 0 Å². The molecule has 0 heteroatoms. The zero-order valence-electron chi connectivity index (χ0n) is 10.8. The van der Waals surface area contributed by atoms with Crippen molar-refractivity contribution in [3.05, 3.63) is 0 Å². The fourth-order valence-electron chi connectivity index (χ4n) is 2.27. The van der Waals surface area contributed by atoms with Gasteiger partial charge in [-0.15, -0.1) is 0 Å². The summed E-state index contributed by atoms with van der Waals surface area (Å²) in [6.07, 6.45) is 11.3. The second-order valence-electron chi connectivity index (χ2n) is 4.69. The summed E-state index contributed by atoms with van der Waals surface area (Å²) < 4.78 is 0. The van der Waals surface area contributed by atoms with Crippen molar-refractivity contribution in [2.24, 2.45) is 11.8 Å². The first-order valence-electron chi connectivity index (χ1n) is 6.78. The van der Waals surface area contributed by atoms with E-state index in [2.05, 4.69) is 27.7 Å². The van der Waals surface area contributed by atoms with E-state index in [1.54, 1.807) is 0 Å². The molecular formula is C14H30. The molecule has 0 bridgehead atoms. The lowest BCUT2D eigenvalue weighted by Crippen LogP contribution is -2.07. The Kier molecular flexibility index (Phi) is 9.55. The molecule has 0 aliphatic carbocycles. The van der Waals surface area contributed by atoms with Gasteiger partial charge in [0.05, 0.1) is 0 Å². The van der Waals surface area contributed by atoms with Gasteiger partial charge < -0.3 is 0 Å². The Bertz CT molecular complexity index is 103. The lowest BCUT2D eigenvalue weighted by Gasteiger charge is -2.20. The molecule has 1 unspecified atom stereocenters. The molecule has 0 nitrogen and oxygen atoms in total. The number of hydrogen-bond acceptors (Lipinski definition) is 0. The van der Waals surface area contributed by atoms with E-state index in [4.69, 9.17) is 0 Å². The van der Waals surface area contributed by atoms with Crippen LogP contribution in [0.4, 0.5) is 0 Å². The highest BCUT2D eigenvalue weighted by Crippen LogP contribution is 2.25. The molecule has 0 heterocycles. The summed E-state index contributed by atoms with van der Waals surface area (Å²) in [6, 6.07) is 0. The van der Waals surface area contributed by atoms with Crippen LogP contribution >= 0.6 is 0 Å². The van der Waals surface area contributed by atoms with Crippen LogP contribution in [0.5, 0.6) is 0 Å². The molecule has 0 aromatic heterocycles. The molecule has 0 aliphatic rings. The summed E-state index contributed by atoms with van der Waals surface area (Å²) in [6.45, 7) is 9.33. The highest BCUT2D eigenvalue weighted by molar-refractivity contribution is 4.64. The summed E-state index contributed by atoms with van der Waals surface area (Å²) in [4.78, 5) is 0. The van der Waals surface area contributed by atoms with Gasteiger partial charge in [-0.25, -0.2) is 0 Å². The van der Waals surface area contributed by atoms with Crippen LogP contribution in [-0.4, -0.2) is 0 Å². The van der Waals surface area contributed by atoms with Crippen LogP contribution in [0.2, 0.25) is 0 Å². The second kappa shape index (κ2) is 9.55. The van der Waals surface area contributed by atoms with E-state index < -0.39 is 0 Å². The zero-order chi connectivity index (χ0) is 10.8. The maximum Gasteiger partial charge on any atom is -0.0414 e. The van der Waals surface area contributed by atoms with Crippen LogP contribution in [0, 0.1) is 11.8 Å². The van der Waals surface area contributed by atoms with Crippen molar-refractivity contribution >= 4 is 0 Å². The standard InChI is InChI=1S/C14H30/c1-5-9-10-11-14(8-4)12-13(6-2)7-3/h13-14H,5-12H2,1-4H3. The maximum absolute atomic E-state index is 2.36. The smallest absolute Gasteiger partial charge is 0.0414 e. The van der Waals surface area contributed by atoms with E-state index in [9.17, 15) is 0 Å². The summed E-state index contributed by atoms with van der Waals surface area (Å²) in [7, 11) is 0. The zero-order valence-corrected chi connectivity index (χ0v) is 10.8. The molecule has 0 aromatic rings. The quantitative estimate of drug-likeness (QED) is 0.434. The molecule has 1 atom stereocenters. The topological polar surface area (TPSA) is 0 Å². The first-order chi connectivity index (χ1) is 6.78. The van der Waals surface area contributed by atoms with Gasteiger partial charge in [-0.1, -0.05) is 72.6 Å². The minimum absolute atomic E-state index is 0.988. The van der Waals surface area contributed by atoms with E-state index in [1.165, 1.54) is 51.4 Å². The Morgan fingerprint density at radius 2 is 1.29 bits per heavy atom. The lowest BCUT2D eigenvalue weighted by molar-refractivity contribution is 0.322. The van der Waals surface area contributed by atoms with Gasteiger partial charge in [0, 0.05) is 0 Å². The fourth-order valence-corrected chi connectivity index (χ4v) is 2.27. The Hall–Kier alpha value is 0. The van der Waals surface area contributed by atoms with Gasteiger partial charge in [0.25, 0.3) is 0 Å². The first kappa shape index (κ1) is 14.0. The van der Waals surface area contributed by atoms with E-state index >= 15 is 0 Å². The van der Waals surface area contributed by atoms with Gasteiger partial charge in [0.2, 0.25) is 0 Å². The van der Waals surface area contributed by atoms with Crippen molar-refractivity contribution in [3.63, 3.8) is 0 Å². The third-order valence-electron chi connectivity index (χ3n) is 3.61. The SMILES string of the molecule is CCCCCC(CC)CC(CC)CC. The largest absolute Gasteiger partial charge is 0.0654 e. The van der Waals surface area contributed by atoms with Crippen molar-refractivity contribution in [3.8, 4) is 0 Å². The van der Waals surface area contributed by atoms with Crippen molar-refractivity contribution in [1.29, 1.82) is 0 Å². The summed E-state index contributed by atoms with van der Waals surface area (Å²) in [5.41, 5.74) is 0. The molecule has 0 amide bonds. The molecule has 0 N–H and O–H groups in total. The molecule has 14 heavy (non-hydrogen) atoms. The molecular weight excluding hydrogens is 168 g/mol. The van der Waals surface area contributed by atoms with Crippen molar-refractivity contribution < 1.29 is 0 Å². The fraction of sp³-hybridized carbons (Fsp3) is 1.00. The second-order valence-corrected chi connectivity index (χ2v) is 4.69. The molecule has 0 spiro atoms. The third-order valence-corrected chi connectivity index (χ3v) is 3.61. The van der Waals surface area contributed by atoms with Gasteiger partial charge >= 0.3 is 0 Å². The van der Waals surface area contributed by atoms with Crippen molar-refractivity contribution in [2.75, 3.05) is 0 Å². The molecule has 0 aliphatic heterocycles. The van der Waals surface area contributed by atoms with Crippen LogP contribution in [0.1, 0.15) is 79.1 Å². The highest BCUT2D eigenvalue weighted by Gasteiger charge is 2.11. The summed E-state index contributed by atoms with van der Waals surface area (Å²) in [5, 5.41) is 0. The van der Waals surface area contributed by atoms with Crippen molar-refractivity contribution in [2.45, 2.75) is 79.1 Å². The summed E-state index contributed by atoms with van der Waals surface area (Å²) in [5.74, 6) is 1.99. The molecule has 0 saturated heterocycles. The predicted octanol–water partition coefficient (Wildman–Crippen LogP) is 5.42. The molecule has 0 radical (unpaired) electrons. The highest BCUT2D eigenvalue weighted by atomic mass is 14.2. The Morgan fingerprint density at radius 3 is 1.71 bits per heavy atom. The molecule has 0 fully saturated rings. The van der Waals surface area contributed by atoms with Crippen molar-refractivity contribution in [1.82, 2.24) is 0 Å². The number of unbranched alkanes of at least 4 members (excludes halogenated alkanes) is 2. The van der Waals surface area contributed by atoms with Gasteiger partial charge in [0.1, 0.15) is 0 Å². The summed E-state index contributed by atoms with van der Waals surface area (Å²) >= 11 is 0. The van der Waals surface area contributed by atoms with Gasteiger partial charge in [-0.05, 0) is 18.3 Å². The average Bonchev–Trinajstić information content (AvgIpc) is 2.23. The normalized spacial score (nSPS) is 13.5. The number of rotatable bonds is 9. The monoisotopic (exact) mass is 198 g/mol. The van der Waals surface area contributed by atoms with E-state index in [0.29, 0.717) is 0 Å². The van der Waals surface area contributed by atoms with E-state index in [0.717, 1.165) is 11.8 Å². The molecule has 0 rings (SSSR count). The Morgan fingerprint density at radius 1 is 0.714 bits per heavy atom. The third kappa shape index (κ3) is 6.45. The van der Waals surface area contributed by atoms with Crippen LogP contribution in [-0.2, 0) is 0 Å². The van der Waals surface area contributed by atoms with Crippen LogP contribution < -0.4 is 0 Å². The Labute approximate surface area is 91.5 Å². The van der Waals surface area contributed by atoms with Crippen LogP contribution in [0.15, 0.2) is 0 Å². The van der Waals surface area contributed by atoms with Gasteiger partial charge in [-0.3, -0.25) is 0 Å². The van der Waals surface area contributed by atoms with Crippen LogP contribution in [0.3, 0.4) is 0 Å². The molecule has 86 valence electrons. The maximum atomic E-state index is 2.36. The molecule has 0 saturated carbocycles. The Balaban J connectivity index is 3.65. The average molecular weight is 198 g/mol. The lowest BCUT2D eigenvalue weighted by atomic mass is 9.86. The van der Waals surface area contributed by atoms with Gasteiger partial charge in [-0.2, -0.15) is 0 Å². The first-order valence-corrected chi connectivity index (χ1v) is 6.78. The minimum Gasteiger partial charge on any atom is -0.0654 e. The van der Waals surface area contributed by atoms with Gasteiger partial charge in [0.15, 0.2) is 0 Å². The molecule has 0 aromatic carbocycles. The minimum atomic E-state index is 0.988. The van der Waals surface area contributed by atoms with Crippen LogP contribution in [0.25, 0.3) is 0 Å². The van der Waals surface area contributed by atoms with E-state index in [-0.39, 0.29) is 0 Å². The predicted molar refractivity (Wildman–Crippen MR) is 66.6 cm³/mol.